The van der Waals surface area contributed by atoms with Gasteiger partial charge in [-0.1, -0.05) is 13.3 Å². The smallest absolute Gasteiger partial charge is 0.339 e. The topological polar surface area (TPSA) is 124 Å². The first-order chi connectivity index (χ1) is 14.3. The van der Waals surface area contributed by atoms with Crippen LogP contribution in [0.25, 0.3) is 11.0 Å². The average Bonchev–Trinajstić information content (AvgIpc) is 2.71. The number of imide groups is 1. The summed E-state index contributed by atoms with van der Waals surface area (Å²) in [5.41, 5.74) is 0.933. The van der Waals surface area contributed by atoms with Crippen LogP contribution < -0.4 is 21.0 Å². The molecule has 1 aromatic carbocycles. The summed E-state index contributed by atoms with van der Waals surface area (Å²) < 4.78 is 15.3. The molecule has 0 saturated carbocycles. The quantitative estimate of drug-likeness (QED) is 0.363. The number of carbonyl (C=O) groups is 3. The standard InChI is InChI=1S/C21H26N2O7/c1-4-5-10-22-21(27)23-18(24)12-29-19(25)9-8-16-13(2)15-7-6-14(28-3)11-17(15)30-20(16)26/h6-7,11H,4-5,8-10,12H2,1-3H3,(H2,22,23,24,27). The molecule has 0 saturated heterocycles. The third-order valence-electron chi connectivity index (χ3n) is 4.51. The number of fused-ring (bicyclic) bond motifs is 1. The lowest BCUT2D eigenvalue weighted by molar-refractivity contribution is -0.148. The van der Waals surface area contributed by atoms with Gasteiger partial charge in [0, 0.05) is 30.0 Å². The fourth-order valence-electron chi connectivity index (χ4n) is 2.82. The van der Waals surface area contributed by atoms with E-state index in [0.717, 1.165) is 18.2 Å². The summed E-state index contributed by atoms with van der Waals surface area (Å²) in [7, 11) is 1.52. The zero-order valence-electron chi connectivity index (χ0n) is 17.3. The van der Waals surface area contributed by atoms with Crippen LogP contribution in [0.15, 0.2) is 27.4 Å². The van der Waals surface area contributed by atoms with E-state index >= 15 is 0 Å². The van der Waals surface area contributed by atoms with Crippen molar-refractivity contribution in [3.8, 4) is 5.75 Å². The van der Waals surface area contributed by atoms with E-state index in [1.807, 2.05) is 6.92 Å². The highest BCUT2D eigenvalue weighted by atomic mass is 16.5. The SMILES string of the molecule is CCCCNC(=O)NC(=O)COC(=O)CCc1c(C)c2ccc(OC)cc2oc1=O. The van der Waals surface area contributed by atoms with Crippen LogP contribution in [0.4, 0.5) is 4.79 Å². The van der Waals surface area contributed by atoms with Crippen molar-refractivity contribution < 1.29 is 28.3 Å². The molecule has 0 unspecified atom stereocenters. The molecule has 0 aliphatic rings. The number of ether oxygens (including phenoxy) is 2. The summed E-state index contributed by atoms with van der Waals surface area (Å²) in [5.74, 6) is -0.823. The minimum absolute atomic E-state index is 0.105. The highest BCUT2D eigenvalue weighted by Gasteiger charge is 2.15. The Balaban J connectivity index is 1.89. The molecule has 30 heavy (non-hydrogen) atoms. The number of rotatable bonds is 9. The van der Waals surface area contributed by atoms with Crippen LogP contribution in [-0.4, -0.2) is 38.2 Å². The van der Waals surface area contributed by atoms with Crippen molar-refractivity contribution in [3.05, 3.63) is 39.7 Å². The molecule has 9 nitrogen and oxygen atoms in total. The van der Waals surface area contributed by atoms with Crippen LogP contribution in [0, 0.1) is 6.92 Å². The van der Waals surface area contributed by atoms with Gasteiger partial charge in [-0.05, 0) is 37.5 Å². The van der Waals surface area contributed by atoms with E-state index in [1.54, 1.807) is 25.1 Å². The number of hydrogen-bond donors (Lipinski definition) is 2. The Kier molecular flexibility index (Phi) is 8.40. The molecule has 0 atom stereocenters. The molecule has 0 bridgehead atoms. The molecule has 0 fully saturated rings. The third kappa shape index (κ3) is 6.33. The number of benzene rings is 1. The van der Waals surface area contributed by atoms with E-state index in [9.17, 15) is 19.2 Å². The van der Waals surface area contributed by atoms with Gasteiger partial charge in [-0.3, -0.25) is 14.9 Å². The van der Waals surface area contributed by atoms with Crippen molar-refractivity contribution in [2.24, 2.45) is 0 Å². The highest BCUT2D eigenvalue weighted by Crippen LogP contribution is 2.24. The highest BCUT2D eigenvalue weighted by molar-refractivity contribution is 5.95. The maximum Gasteiger partial charge on any atom is 0.339 e. The summed E-state index contributed by atoms with van der Waals surface area (Å²) in [4.78, 5) is 47.3. The van der Waals surface area contributed by atoms with Crippen LogP contribution in [0.1, 0.15) is 37.3 Å². The molecule has 2 N–H and O–H groups in total. The van der Waals surface area contributed by atoms with Gasteiger partial charge < -0.3 is 19.2 Å². The second-order valence-electron chi connectivity index (χ2n) is 6.67. The summed E-state index contributed by atoms with van der Waals surface area (Å²) in [6.07, 6.45) is 1.71. The maximum atomic E-state index is 12.3. The number of esters is 1. The number of amides is 3. The van der Waals surface area contributed by atoms with Gasteiger partial charge in [0.1, 0.15) is 11.3 Å². The van der Waals surface area contributed by atoms with E-state index < -0.39 is 30.1 Å². The van der Waals surface area contributed by atoms with E-state index in [2.05, 4.69) is 10.6 Å². The van der Waals surface area contributed by atoms with Gasteiger partial charge in [0.05, 0.1) is 7.11 Å². The van der Waals surface area contributed by atoms with E-state index in [-0.39, 0.29) is 12.8 Å². The molecule has 9 heteroatoms. The largest absolute Gasteiger partial charge is 0.497 e. The normalized spacial score (nSPS) is 10.5. The molecule has 0 aliphatic heterocycles. The van der Waals surface area contributed by atoms with Crippen molar-refractivity contribution in [2.75, 3.05) is 20.3 Å². The van der Waals surface area contributed by atoms with Gasteiger partial charge in [-0.25, -0.2) is 9.59 Å². The number of methoxy groups -OCH3 is 1. The van der Waals surface area contributed by atoms with Gasteiger partial charge in [-0.2, -0.15) is 0 Å². The first-order valence-electron chi connectivity index (χ1n) is 9.69. The van der Waals surface area contributed by atoms with Crippen LogP contribution in [0.2, 0.25) is 0 Å². The monoisotopic (exact) mass is 418 g/mol. The van der Waals surface area contributed by atoms with E-state index in [0.29, 0.717) is 29.0 Å². The Morgan fingerprint density at radius 2 is 1.97 bits per heavy atom. The van der Waals surface area contributed by atoms with E-state index in [1.165, 1.54) is 7.11 Å². The number of urea groups is 1. The van der Waals surface area contributed by atoms with Crippen molar-refractivity contribution in [3.63, 3.8) is 0 Å². The lowest BCUT2D eigenvalue weighted by Gasteiger charge is -2.09. The molecule has 0 spiro atoms. The zero-order chi connectivity index (χ0) is 22.1. The van der Waals surface area contributed by atoms with Gasteiger partial charge in [0.15, 0.2) is 6.61 Å². The van der Waals surface area contributed by atoms with Crippen molar-refractivity contribution in [1.82, 2.24) is 10.6 Å². The summed E-state index contributed by atoms with van der Waals surface area (Å²) in [5, 5.41) is 5.34. The number of unbranched alkanes of at least 4 members (excludes halogenated alkanes) is 1. The second kappa shape index (κ2) is 11.0. The molecule has 0 radical (unpaired) electrons. The number of carbonyl (C=O) groups excluding carboxylic acids is 3. The fraction of sp³-hybridized carbons (Fsp3) is 0.429. The first kappa shape index (κ1) is 22.9. The fourth-order valence-corrected chi connectivity index (χ4v) is 2.82. The number of aryl methyl sites for hydroxylation is 1. The minimum Gasteiger partial charge on any atom is -0.497 e. The molecular weight excluding hydrogens is 392 g/mol. The Labute approximate surface area is 173 Å². The average molecular weight is 418 g/mol. The van der Waals surface area contributed by atoms with Crippen LogP contribution in [0.5, 0.6) is 5.75 Å². The van der Waals surface area contributed by atoms with Crippen molar-refractivity contribution >= 4 is 28.9 Å². The zero-order valence-corrected chi connectivity index (χ0v) is 17.3. The lowest BCUT2D eigenvalue weighted by Crippen LogP contribution is -2.41. The second-order valence-corrected chi connectivity index (χ2v) is 6.67. The summed E-state index contributed by atoms with van der Waals surface area (Å²) in [6.45, 7) is 3.63. The van der Waals surface area contributed by atoms with Gasteiger partial charge in [-0.15, -0.1) is 0 Å². The third-order valence-corrected chi connectivity index (χ3v) is 4.51. The van der Waals surface area contributed by atoms with Crippen molar-refractivity contribution in [2.45, 2.75) is 39.5 Å². The molecular formula is C21H26N2O7. The van der Waals surface area contributed by atoms with Crippen LogP contribution in [-0.2, 0) is 20.7 Å². The molecule has 2 rings (SSSR count). The number of nitrogens with one attached hydrogen (secondary N) is 2. The first-order valence-corrected chi connectivity index (χ1v) is 9.69. The van der Waals surface area contributed by atoms with Gasteiger partial charge in [0.25, 0.3) is 5.91 Å². The predicted molar refractivity (Wildman–Crippen MR) is 110 cm³/mol. The Bertz CT molecular complexity index is 981. The van der Waals surface area contributed by atoms with Crippen molar-refractivity contribution in [1.29, 1.82) is 0 Å². The molecule has 2 aromatic rings. The summed E-state index contributed by atoms with van der Waals surface area (Å²) >= 11 is 0. The Hall–Kier alpha value is -3.36. The molecule has 0 aliphatic carbocycles. The predicted octanol–water partition coefficient (Wildman–Crippen LogP) is 2.21. The van der Waals surface area contributed by atoms with Gasteiger partial charge >= 0.3 is 17.6 Å². The van der Waals surface area contributed by atoms with Crippen LogP contribution >= 0.6 is 0 Å². The van der Waals surface area contributed by atoms with Crippen LogP contribution in [0.3, 0.4) is 0 Å². The number of hydrogen-bond acceptors (Lipinski definition) is 7. The molecule has 162 valence electrons. The minimum atomic E-state index is -0.729. The Morgan fingerprint density at radius 1 is 1.20 bits per heavy atom. The molecule has 1 heterocycles. The molecule has 3 amide bonds. The van der Waals surface area contributed by atoms with Gasteiger partial charge in [0.2, 0.25) is 0 Å². The van der Waals surface area contributed by atoms with E-state index in [4.69, 9.17) is 13.9 Å². The molecule has 1 aromatic heterocycles. The Morgan fingerprint density at radius 3 is 2.67 bits per heavy atom. The summed E-state index contributed by atoms with van der Waals surface area (Å²) in [6, 6.07) is 4.53. The maximum absolute atomic E-state index is 12.3. The lowest BCUT2D eigenvalue weighted by atomic mass is 10.0.